The summed E-state index contributed by atoms with van der Waals surface area (Å²) in [6.07, 6.45) is 0.231. The molecular weight excluding hydrogens is 238 g/mol. The second kappa shape index (κ2) is 4.66. The van der Waals surface area contributed by atoms with E-state index in [2.05, 4.69) is 0 Å². The van der Waals surface area contributed by atoms with Gasteiger partial charge >= 0.3 is 5.97 Å². The van der Waals surface area contributed by atoms with Crippen molar-refractivity contribution in [3.05, 3.63) is 23.8 Å². The molecule has 96 valence electrons. The summed E-state index contributed by atoms with van der Waals surface area (Å²) in [7, 11) is 0. The van der Waals surface area contributed by atoms with E-state index >= 15 is 0 Å². The minimum Gasteiger partial charge on any atom is -0.508 e. The van der Waals surface area contributed by atoms with Gasteiger partial charge in [-0.2, -0.15) is 0 Å². The Morgan fingerprint density at radius 1 is 1.39 bits per heavy atom. The van der Waals surface area contributed by atoms with Crippen molar-refractivity contribution in [3.63, 3.8) is 0 Å². The summed E-state index contributed by atoms with van der Waals surface area (Å²) >= 11 is 0. The van der Waals surface area contributed by atoms with Crippen molar-refractivity contribution in [3.8, 4) is 5.75 Å². The van der Waals surface area contributed by atoms with E-state index in [0.29, 0.717) is 12.2 Å². The molecule has 1 atom stereocenters. The number of rotatable bonds is 3. The molecule has 0 spiro atoms. The molecular formula is C12H13NO5. The van der Waals surface area contributed by atoms with Crippen LogP contribution >= 0.6 is 0 Å². The van der Waals surface area contributed by atoms with Crippen LogP contribution in [0.4, 0.5) is 5.69 Å². The maximum atomic E-state index is 11.7. The summed E-state index contributed by atoms with van der Waals surface area (Å²) in [4.78, 5) is 24.0. The van der Waals surface area contributed by atoms with Gasteiger partial charge in [0.1, 0.15) is 5.75 Å². The third-order valence-corrected chi connectivity index (χ3v) is 2.92. The van der Waals surface area contributed by atoms with E-state index in [-0.39, 0.29) is 36.2 Å². The molecule has 1 aliphatic rings. The van der Waals surface area contributed by atoms with Crippen molar-refractivity contribution in [1.82, 2.24) is 0 Å². The number of hydrogen-bond acceptors (Lipinski definition) is 4. The molecule has 6 nitrogen and oxygen atoms in total. The summed E-state index contributed by atoms with van der Waals surface area (Å²) in [5.74, 6) is -1.70. The van der Waals surface area contributed by atoms with Gasteiger partial charge in [0.05, 0.1) is 5.56 Å². The zero-order valence-corrected chi connectivity index (χ0v) is 9.54. The van der Waals surface area contributed by atoms with Crippen LogP contribution in [0.2, 0.25) is 0 Å². The molecule has 0 aliphatic carbocycles. The largest absolute Gasteiger partial charge is 0.508 e. The minimum absolute atomic E-state index is 0.0785. The summed E-state index contributed by atoms with van der Waals surface area (Å²) in [5, 5.41) is 27.4. The lowest BCUT2D eigenvalue weighted by atomic mass is 10.1. The number of phenols is 1. The smallest absolute Gasteiger partial charge is 0.335 e. The van der Waals surface area contributed by atoms with Gasteiger partial charge in [-0.15, -0.1) is 0 Å². The van der Waals surface area contributed by atoms with E-state index in [1.807, 2.05) is 0 Å². The Morgan fingerprint density at radius 2 is 2.11 bits per heavy atom. The van der Waals surface area contributed by atoms with Crippen LogP contribution in [0.25, 0.3) is 0 Å². The number of amides is 1. The van der Waals surface area contributed by atoms with Gasteiger partial charge in [0, 0.05) is 37.2 Å². The number of phenolic OH excluding ortho intramolecular Hbond substituents is 1. The lowest BCUT2D eigenvalue weighted by Crippen LogP contribution is -2.25. The number of nitrogens with zero attached hydrogens (tertiary/aromatic N) is 1. The zero-order valence-electron chi connectivity index (χ0n) is 9.54. The molecule has 1 aromatic carbocycles. The molecule has 6 heteroatoms. The van der Waals surface area contributed by atoms with E-state index in [1.165, 1.54) is 17.0 Å². The number of carboxylic acid groups (broad SMARTS) is 1. The van der Waals surface area contributed by atoms with Crippen LogP contribution in [-0.2, 0) is 4.79 Å². The lowest BCUT2D eigenvalue weighted by Gasteiger charge is -2.17. The number of hydrogen-bond donors (Lipinski definition) is 3. The maximum absolute atomic E-state index is 11.7. The van der Waals surface area contributed by atoms with Gasteiger partial charge in [-0.3, -0.25) is 4.79 Å². The molecule has 0 bridgehead atoms. The number of carbonyl (C=O) groups is 2. The number of aromatic carboxylic acids is 1. The summed E-state index contributed by atoms with van der Waals surface area (Å²) in [6, 6.07) is 3.79. The fraction of sp³-hybridized carbons (Fsp3) is 0.333. The van der Waals surface area contributed by atoms with Crippen molar-refractivity contribution in [2.75, 3.05) is 18.1 Å². The quantitative estimate of drug-likeness (QED) is 0.724. The summed E-state index contributed by atoms with van der Waals surface area (Å²) in [6.45, 7) is 0.241. The first-order valence-corrected chi connectivity index (χ1v) is 5.50. The van der Waals surface area contributed by atoms with Crippen molar-refractivity contribution < 1.29 is 24.9 Å². The number of aromatic hydroxyl groups is 1. The first-order valence-electron chi connectivity index (χ1n) is 5.50. The van der Waals surface area contributed by atoms with Crippen molar-refractivity contribution in [2.24, 2.45) is 5.92 Å². The van der Waals surface area contributed by atoms with Crippen LogP contribution in [0.1, 0.15) is 16.8 Å². The normalized spacial score (nSPS) is 19.3. The van der Waals surface area contributed by atoms with Crippen LogP contribution in [0, 0.1) is 5.92 Å². The Morgan fingerprint density at radius 3 is 2.67 bits per heavy atom. The standard InChI is InChI=1S/C12H13NO5/c14-6-7-1-11(16)13(5-7)9-2-8(12(17)18)3-10(15)4-9/h2-4,7,14-15H,1,5-6H2,(H,17,18). The van der Waals surface area contributed by atoms with Gasteiger partial charge in [0.25, 0.3) is 0 Å². The van der Waals surface area contributed by atoms with Gasteiger partial charge < -0.3 is 20.2 Å². The average molecular weight is 251 g/mol. The van der Waals surface area contributed by atoms with Crippen LogP contribution in [0.3, 0.4) is 0 Å². The first-order chi connectivity index (χ1) is 8.51. The molecule has 0 radical (unpaired) electrons. The van der Waals surface area contributed by atoms with E-state index in [1.54, 1.807) is 0 Å². The number of anilines is 1. The fourth-order valence-electron chi connectivity index (χ4n) is 2.03. The van der Waals surface area contributed by atoms with E-state index < -0.39 is 5.97 Å². The van der Waals surface area contributed by atoms with Crippen LogP contribution in [0.5, 0.6) is 5.75 Å². The van der Waals surface area contributed by atoms with Gasteiger partial charge in [-0.1, -0.05) is 0 Å². The highest BCUT2D eigenvalue weighted by molar-refractivity contribution is 5.98. The summed E-state index contributed by atoms with van der Waals surface area (Å²) < 4.78 is 0. The van der Waals surface area contributed by atoms with Gasteiger partial charge in [-0.25, -0.2) is 4.79 Å². The Hall–Kier alpha value is -2.08. The molecule has 1 aliphatic heterocycles. The third-order valence-electron chi connectivity index (χ3n) is 2.92. The molecule has 1 saturated heterocycles. The zero-order chi connectivity index (χ0) is 13.3. The van der Waals surface area contributed by atoms with Crippen molar-refractivity contribution >= 4 is 17.6 Å². The molecule has 3 N–H and O–H groups in total. The molecule has 1 amide bonds. The highest BCUT2D eigenvalue weighted by atomic mass is 16.4. The first kappa shape index (κ1) is 12.4. The molecule has 1 fully saturated rings. The number of benzene rings is 1. The minimum atomic E-state index is -1.17. The number of carboxylic acids is 1. The van der Waals surface area contributed by atoms with Gasteiger partial charge in [-0.05, 0) is 12.1 Å². The Labute approximate surface area is 103 Å². The highest BCUT2D eigenvalue weighted by Gasteiger charge is 2.30. The molecule has 0 aromatic heterocycles. The molecule has 2 rings (SSSR count). The Bertz CT molecular complexity index is 499. The second-order valence-corrected chi connectivity index (χ2v) is 4.30. The van der Waals surface area contributed by atoms with Crippen LogP contribution < -0.4 is 4.90 Å². The van der Waals surface area contributed by atoms with E-state index in [4.69, 9.17) is 10.2 Å². The molecule has 1 unspecified atom stereocenters. The average Bonchev–Trinajstić information content (AvgIpc) is 2.69. The highest BCUT2D eigenvalue weighted by Crippen LogP contribution is 2.28. The number of aliphatic hydroxyl groups excluding tert-OH is 1. The van der Waals surface area contributed by atoms with Crippen molar-refractivity contribution in [1.29, 1.82) is 0 Å². The Balaban J connectivity index is 2.34. The topological polar surface area (TPSA) is 98.1 Å². The van der Waals surface area contributed by atoms with Crippen LogP contribution in [0.15, 0.2) is 18.2 Å². The summed E-state index contributed by atoms with van der Waals surface area (Å²) in [5.41, 5.74) is 0.263. The maximum Gasteiger partial charge on any atom is 0.335 e. The van der Waals surface area contributed by atoms with Gasteiger partial charge in [0.15, 0.2) is 0 Å². The van der Waals surface area contributed by atoms with E-state index in [9.17, 15) is 14.7 Å². The molecule has 0 saturated carbocycles. The molecule has 1 heterocycles. The lowest BCUT2D eigenvalue weighted by molar-refractivity contribution is -0.117. The third kappa shape index (κ3) is 2.28. The monoisotopic (exact) mass is 251 g/mol. The fourth-order valence-corrected chi connectivity index (χ4v) is 2.03. The predicted molar refractivity (Wildman–Crippen MR) is 62.6 cm³/mol. The number of carbonyl (C=O) groups excluding carboxylic acids is 1. The van der Waals surface area contributed by atoms with Crippen molar-refractivity contribution in [2.45, 2.75) is 6.42 Å². The molecule has 18 heavy (non-hydrogen) atoms. The predicted octanol–water partition coefficient (Wildman–Crippen LogP) is 0.436. The Kier molecular flexibility index (Phi) is 3.20. The van der Waals surface area contributed by atoms with Gasteiger partial charge in [0.2, 0.25) is 5.91 Å². The molecule has 1 aromatic rings. The SMILES string of the molecule is O=C(O)c1cc(O)cc(N2CC(CO)CC2=O)c1. The second-order valence-electron chi connectivity index (χ2n) is 4.30. The number of aliphatic hydroxyl groups is 1. The van der Waals surface area contributed by atoms with Crippen LogP contribution in [-0.4, -0.2) is 40.3 Å². The van der Waals surface area contributed by atoms with E-state index in [0.717, 1.165) is 6.07 Å².